The SMILES string of the molecule is CN(C)CCNC(=O)C1CCN(c2cnc3ccc(-c4cncc(NSc5ccccc5)c4)cc3n2)CC1. The topological polar surface area (TPSA) is 86.3 Å². The largest absolute Gasteiger partial charge is 0.355 e. The summed E-state index contributed by atoms with van der Waals surface area (Å²) in [5, 5.41) is 3.07. The van der Waals surface area contributed by atoms with Crippen molar-refractivity contribution < 1.29 is 4.79 Å². The van der Waals surface area contributed by atoms with Crippen molar-refractivity contribution in [2.75, 3.05) is 49.9 Å². The summed E-state index contributed by atoms with van der Waals surface area (Å²) < 4.78 is 3.38. The van der Waals surface area contributed by atoms with Crippen LogP contribution < -0.4 is 14.9 Å². The molecule has 0 atom stereocenters. The molecule has 0 radical (unpaired) electrons. The molecule has 0 spiro atoms. The number of hydrogen-bond donors (Lipinski definition) is 2. The monoisotopic (exact) mass is 527 g/mol. The third-order valence-corrected chi connectivity index (χ3v) is 7.52. The zero-order valence-corrected chi connectivity index (χ0v) is 22.6. The molecule has 0 unspecified atom stereocenters. The molecule has 196 valence electrons. The third kappa shape index (κ3) is 6.59. The molecule has 1 fully saturated rings. The molecule has 38 heavy (non-hydrogen) atoms. The van der Waals surface area contributed by atoms with Crippen LogP contribution in [0.3, 0.4) is 0 Å². The van der Waals surface area contributed by atoms with Gasteiger partial charge in [-0.2, -0.15) is 0 Å². The van der Waals surface area contributed by atoms with Crippen LogP contribution >= 0.6 is 11.9 Å². The molecule has 2 aromatic heterocycles. The summed E-state index contributed by atoms with van der Waals surface area (Å²) in [5.41, 5.74) is 4.69. The van der Waals surface area contributed by atoms with E-state index in [0.717, 1.165) is 71.0 Å². The van der Waals surface area contributed by atoms with Crippen molar-refractivity contribution in [2.45, 2.75) is 17.7 Å². The van der Waals surface area contributed by atoms with Crippen molar-refractivity contribution in [1.29, 1.82) is 0 Å². The molecule has 0 bridgehead atoms. The average molecular weight is 528 g/mol. The molecule has 0 aliphatic carbocycles. The Morgan fingerprint density at radius 2 is 1.82 bits per heavy atom. The van der Waals surface area contributed by atoms with Gasteiger partial charge in [0, 0.05) is 48.8 Å². The van der Waals surface area contributed by atoms with Crippen molar-refractivity contribution in [2.24, 2.45) is 5.92 Å². The highest BCUT2D eigenvalue weighted by Crippen LogP contribution is 2.28. The summed E-state index contributed by atoms with van der Waals surface area (Å²) in [6, 6.07) is 18.4. The summed E-state index contributed by atoms with van der Waals surface area (Å²) in [7, 11) is 4.02. The van der Waals surface area contributed by atoms with Gasteiger partial charge in [0.15, 0.2) is 0 Å². The van der Waals surface area contributed by atoms with Crippen molar-refractivity contribution in [3.8, 4) is 11.1 Å². The summed E-state index contributed by atoms with van der Waals surface area (Å²) in [6.45, 7) is 3.12. The van der Waals surface area contributed by atoms with Crippen LogP contribution in [0.4, 0.5) is 11.5 Å². The molecule has 4 aromatic rings. The zero-order chi connectivity index (χ0) is 26.3. The normalized spacial score (nSPS) is 14.1. The molecule has 3 heterocycles. The Morgan fingerprint density at radius 1 is 1.00 bits per heavy atom. The van der Waals surface area contributed by atoms with Crippen LogP contribution in [0.1, 0.15) is 12.8 Å². The number of hydrogen-bond acceptors (Lipinski definition) is 8. The van der Waals surface area contributed by atoms with Gasteiger partial charge in [0.05, 0.1) is 29.1 Å². The van der Waals surface area contributed by atoms with E-state index in [1.165, 1.54) is 0 Å². The van der Waals surface area contributed by atoms with Gasteiger partial charge in [-0.3, -0.25) is 14.8 Å². The predicted octanol–water partition coefficient (Wildman–Crippen LogP) is 4.71. The molecule has 1 saturated heterocycles. The lowest BCUT2D eigenvalue weighted by atomic mass is 9.96. The Labute approximate surface area is 228 Å². The maximum Gasteiger partial charge on any atom is 0.223 e. The number of aromatic nitrogens is 3. The molecule has 9 heteroatoms. The third-order valence-electron chi connectivity index (χ3n) is 6.68. The van der Waals surface area contributed by atoms with E-state index >= 15 is 0 Å². The molecule has 0 saturated carbocycles. The standard InChI is InChI=1S/C29H33N7OS/c1-35(2)15-12-31-29(37)21-10-13-36(14-11-21)28-20-32-26-9-8-22(17-27(26)33-28)23-16-24(19-30-18-23)34-38-25-6-4-3-5-7-25/h3-9,16-21,34H,10-15H2,1-2H3,(H,31,37). The number of nitrogens with zero attached hydrogens (tertiary/aromatic N) is 5. The van der Waals surface area contributed by atoms with Crippen LogP contribution in [0.15, 0.2) is 78.1 Å². The summed E-state index contributed by atoms with van der Waals surface area (Å²) >= 11 is 1.56. The van der Waals surface area contributed by atoms with E-state index in [9.17, 15) is 4.79 Å². The minimum absolute atomic E-state index is 0.0573. The lowest BCUT2D eigenvalue weighted by molar-refractivity contribution is -0.125. The fourth-order valence-corrected chi connectivity index (χ4v) is 5.15. The molecule has 8 nitrogen and oxygen atoms in total. The van der Waals surface area contributed by atoms with E-state index in [-0.39, 0.29) is 11.8 Å². The highest BCUT2D eigenvalue weighted by molar-refractivity contribution is 8.00. The van der Waals surface area contributed by atoms with E-state index in [1.54, 1.807) is 11.9 Å². The van der Waals surface area contributed by atoms with Crippen LogP contribution in [0.25, 0.3) is 22.2 Å². The molecule has 2 aromatic carbocycles. The molecule has 5 rings (SSSR count). The Morgan fingerprint density at radius 3 is 2.61 bits per heavy atom. The Kier molecular flexibility index (Phi) is 8.35. The quantitative estimate of drug-likeness (QED) is 0.303. The Bertz CT molecular complexity index is 1370. The molecule has 2 N–H and O–H groups in total. The first-order chi connectivity index (χ1) is 18.5. The van der Waals surface area contributed by atoms with E-state index in [0.29, 0.717) is 6.54 Å². The zero-order valence-electron chi connectivity index (χ0n) is 21.8. The second-order valence-electron chi connectivity index (χ2n) is 9.77. The van der Waals surface area contributed by atoms with Gasteiger partial charge in [-0.05, 0) is 74.8 Å². The first-order valence-corrected chi connectivity index (χ1v) is 13.7. The number of carbonyl (C=O) groups is 1. The van der Waals surface area contributed by atoms with E-state index in [4.69, 9.17) is 4.98 Å². The molecular formula is C29H33N7OS. The van der Waals surface area contributed by atoms with Gasteiger partial charge < -0.3 is 19.8 Å². The van der Waals surface area contributed by atoms with Crippen LogP contribution in [0.2, 0.25) is 0 Å². The summed E-state index contributed by atoms with van der Waals surface area (Å²) in [4.78, 5) is 32.0. The van der Waals surface area contributed by atoms with E-state index in [1.807, 2.05) is 57.0 Å². The van der Waals surface area contributed by atoms with Gasteiger partial charge in [-0.25, -0.2) is 4.98 Å². The summed E-state index contributed by atoms with van der Waals surface area (Å²) in [6.07, 6.45) is 7.17. The van der Waals surface area contributed by atoms with Crippen molar-refractivity contribution in [3.63, 3.8) is 0 Å². The number of amides is 1. The second-order valence-corrected chi connectivity index (χ2v) is 10.6. The van der Waals surface area contributed by atoms with Crippen molar-refractivity contribution >= 4 is 40.4 Å². The maximum atomic E-state index is 12.5. The highest BCUT2D eigenvalue weighted by atomic mass is 32.2. The lowest BCUT2D eigenvalue weighted by Gasteiger charge is -2.32. The number of carbonyl (C=O) groups excluding carboxylic acids is 1. The number of anilines is 2. The second kappa shape index (κ2) is 12.2. The highest BCUT2D eigenvalue weighted by Gasteiger charge is 2.25. The van der Waals surface area contributed by atoms with Gasteiger partial charge in [0.25, 0.3) is 0 Å². The van der Waals surface area contributed by atoms with Gasteiger partial charge in [0.2, 0.25) is 5.91 Å². The predicted molar refractivity (Wildman–Crippen MR) is 155 cm³/mol. The fraction of sp³-hybridized carbons (Fsp3) is 0.310. The van der Waals surface area contributed by atoms with Crippen LogP contribution in [-0.4, -0.2) is 66.0 Å². The van der Waals surface area contributed by atoms with Gasteiger partial charge in [0.1, 0.15) is 5.82 Å². The first kappa shape index (κ1) is 25.9. The number of pyridine rings is 1. The lowest BCUT2D eigenvalue weighted by Crippen LogP contribution is -2.42. The first-order valence-electron chi connectivity index (χ1n) is 12.9. The molecule has 1 aliphatic heterocycles. The van der Waals surface area contributed by atoms with Crippen LogP contribution in [0, 0.1) is 5.92 Å². The number of piperidine rings is 1. The maximum absolute atomic E-state index is 12.5. The number of benzene rings is 2. The smallest absolute Gasteiger partial charge is 0.223 e. The van der Waals surface area contributed by atoms with Gasteiger partial charge >= 0.3 is 0 Å². The van der Waals surface area contributed by atoms with Crippen LogP contribution in [-0.2, 0) is 4.79 Å². The van der Waals surface area contributed by atoms with Crippen LogP contribution in [0.5, 0.6) is 0 Å². The minimum atomic E-state index is 0.0573. The summed E-state index contributed by atoms with van der Waals surface area (Å²) in [5.74, 6) is 1.07. The minimum Gasteiger partial charge on any atom is -0.355 e. The number of likely N-dealkylation sites (N-methyl/N-ethyl adjacent to an activating group) is 1. The number of nitrogens with one attached hydrogen (secondary N) is 2. The average Bonchev–Trinajstić information content (AvgIpc) is 2.96. The van der Waals surface area contributed by atoms with E-state index in [2.05, 4.69) is 60.1 Å². The van der Waals surface area contributed by atoms with Crippen molar-refractivity contribution in [3.05, 3.63) is 73.2 Å². The van der Waals surface area contributed by atoms with Gasteiger partial charge in [-0.1, -0.05) is 24.3 Å². The Hall–Kier alpha value is -3.69. The van der Waals surface area contributed by atoms with Crippen molar-refractivity contribution in [1.82, 2.24) is 25.2 Å². The molecular weight excluding hydrogens is 494 g/mol. The van der Waals surface area contributed by atoms with E-state index < -0.39 is 0 Å². The number of rotatable bonds is 9. The van der Waals surface area contributed by atoms with Gasteiger partial charge in [-0.15, -0.1) is 0 Å². The Balaban J connectivity index is 1.24. The number of fused-ring (bicyclic) bond motifs is 1. The molecule has 1 amide bonds. The molecule has 1 aliphatic rings. The fourth-order valence-electron chi connectivity index (χ4n) is 4.51.